The molecule has 0 unspecified atom stereocenters. The molecule has 2 heterocycles. The molecule has 1 aliphatic heterocycles. The Balaban J connectivity index is 1.32. The van der Waals surface area contributed by atoms with Gasteiger partial charge in [-0.25, -0.2) is 0 Å². The van der Waals surface area contributed by atoms with Crippen LogP contribution in [0.4, 0.5) is 0 Å². The molecule has 0 aliphatic carbocycles. The normalized spacial score (nSPS) is 15.3. The van der Waals surface area contributed by atoms with E-state index in [1.165, 1.54) is 65.3 Å². The molecule has 3 heteroatoms. The summed E-state index contributed by atoms with van der Waals surface area (Å²) in [5, 5.41) is 11.0. The van der Waals surface area contributed by atoms with Crippen LogP contribution in [-0.4, -0.2) is 20.3 Å². The lowest BCUT2D eigenvalue weighted by atomic mass is 9.84. The summed E-state index contributed by atoms with van der Waals surface area (Å²) in [4.78, 5) is 9.89. The second kappa shape index (κ2) is 11.1. The Labute approximate surface area is 291 Å². The average molecular weight is 649 g/mol. The van der Waals surface area contributed by atoms with Crippen LogP contribution in [0.5, 0.6) is 0 Å². The fourth-order valence-corrected chi connectivity index (χ4v) is 8.57. The van der Waals surface area contributed by atoms with E-state index in [1.54, 1.807) is 0 Å². The Kier molecular flexibility index (Phi) is 6.79. The summed E-state index contributed by atoms with van der Waals surface area (Å²) in [7, 11) is 0. The topological polar surface area (TPSA) is 25.2 Å². The largest absolute Gasteiger partial charge is 0.270 e. The quantitative estimate of drug-likeness (QED) is 0.177. The van der Waals surface area contributed by atoms with Crippen LogP contribution in [0.1, 0.15) is 33.3 Å². The van der Waals surface area contributed by atoms with E-state index in [4.69, 9.17) is 9.98 Å². The van der Waals surface area contributed by atoms with Crippen molar-refractivity contribution in [1.29, 1.82) is 0 Å². The summed E-state index contributed by atoms with van der Waals surface area (Å²) in [5.74, 6) is 0. The summed E-state index contributed by atoms with van der Waals surface area (Å²) >= 11 is 1.85. The van der Waals surface area contributed by atoms with Crippen molar-refractivity contribution < 1.29 is 0 Å². The number of hydrogen-bond donors (Lipinski definition) is 0. The lowest BCUT2D eigenvalue weighted by Gasteiger charge is -2.30. The average Bonchev–Trinajstić information content (AvgIpc) is 3.35. The zero-order valence-corrected chi connectivity index (χ0v) is 29.0. The third-order valence-electron chi connectivity index (χ3n) is 10.6. The molecule has 236 valence electrons. The van der Waals surface area contributed by atoms with Crippen LogP contribution in [0, 0.1) is 0 Å². The van der Waals surface area contributed by atoms with Crippen molar-refractivity contribution in [2.45, 2.75) is 38.0 Å². The molecule has 8 aromatic rings. The maximum absolute atomic E-state index is 5.15. The molecule has 0 N–H and O–H groups in total. The second-order valence-electron chi connectivity index (χ2n) is 14.2. The number of benzene rings is 7. The predicted octanol–water partition coefficient (Wildman–Crippen LogP) is 12.7. The summed E-state index contributed by atoms with van der Waals surface area (Å²) in [6.07, 6.45) is 3.95. The third kappa shape index (κ3) is 4.95. The number of pyridine rings is 1. The van der Waals surface area contributed by atoms with Crippen molar-refractivity contribution in [1.82, 2.24) is 4.98 Å². The minimum absolute atomic E-state index is 0.0102. The first kappa shape index (κ1) is 29.9. The van der Waals surface area contributed by atoms with Gasteiger partial charge in [0.15, 0.2) is 0 Å². The van der Waals surface area contributed by atoms with E-state index < -0.39 is 0 Å². The molecule has 2 nitrogen and oxygen atoms in total. The number of rotatable bonds is 4. The fourth-order valence-electron chi connectivity index (χ4n) is 7.29. The molecule has 0 saturated carbocycles. The Morgan fingerprint density at radius 1 is 0.429 bits per heavy atom. The number of aliphatic imine (C=N–C) groups is 1. The van der Waals surface area contributed by atoms with Gasteiger partial charge in [-0.05, 0) is 123 Å². The number of aromatic nitrogens is 1. The molecule has 1 aromatic heterocycles. The standard InChI is InChI=1S/C46H36N2S/c1-45(2)46(3,4)49-44(48-45)37-25-36(27-47-28-37)33-21-22-40-41(26-33)43(35-20-18-30-12-6-8-14-32(30)24-35)39-16-10-9-15-38(39)42(40)34-19-17-29-11-5-7-13-31(29)23-34/h5-28H,1-4H3. The minimum atomic E-state index is -0.152. The monoisotopic (exact) mass is 648 g/mol. The summed E-state index contributed by atoms with van der Waals surface area (Å²) in [6.45, 7) is 9.00. The molecule has 9 rings (SSSR count). The summed E-state index contributed by atoms with van der Waals surface area (Å²) < 4.78 is 0.0102. The molecule has 1 aliphatic rings. The molecule has 0 saturated heterocycles. The minimum Gasteiger partial charge on any atom is -0.270 e. The van der Waals surface area contributed by atoms with E-state index in [9.17, 15) is 0 Å². The van der Waals surface area contributed by atoms with Crippen LogP contribution in [0.3, 0.4) is 0 Å². The van der Waals surface area contributed by atoms with Crippen LogP contribution in [0.25, 0.3) is 76.5 Å². The van der Waals surface area contributed by atoms with E-state index in [1.807, 2.05) is 24.2 Å². The van der Waals surface area contributed by atoms with Gasteiger partial charge in [0, 0.05) is 28.3 Å². The first-order chi connectivity index (χ1) is 23.8. The van der Waals surface area contributed by atoms with Gasteiger partial charge in [-0.15, -0.1) is 0 Å². The van der Waals surface area contributed by atoms with Crippen molar-refractivity contribution in [2.75, 3.05) is 0 Å². The molecular formula is C46H36N2S. The predicted molar refractivity (Wildman–Crippen MR) is 213 cm³/mol. The summed E-state index contributed by atoms with van der Waals surface area (Å²) in [6, 6.07) is 49.2. The Bertz CT molecular complexity index is 2650. The fraction of sp³-hybridized carbons (Fsp3) is 0.130. The lowest BCUT2D eigenvalue weighted by Crippen LogP contribution is -2.36. The van der Waals surface area contributed by atoms with E-state index in [0.29, 0.717) is 0 Å². The van der Waals surface area contributed by atoms with Gasteiger partial charge < -0.3 is 0 Å². The van der Waals surface area contributed by atoms with Crippen molar-refractivity contribution in [2.24, 2.45) is 4.99 Å². The summed E-state index contributed by atoms with van der Waals surface area (Å²) in [5.41, 5.74) is 8.12. The maximum Gasteiger partial charge on any atom is 0.101 e. The molecule has 0 radical (unpaired) electrons. The van der Waals surface area contributed by atoms with Crippen LogP contribution in [-0.2, 0) is 0 Å². The van der Waals surface area contributed by atoms with E-state index in [-0.39, 0.29) is 10.3 Å². The highest BCUT2D eigenvalue weighted by atomic mass is 32.2. The SMILES string of the molecule is CC1(C)N=C(c2cncc(-c3ccc4c(-c5ccc6ccccc6c5)c5ccccc5c(-c5ccc6ccccc6c5)c4c3)c2)SC1(C)C. The zero-order chi connectivity index (χ0) is 33.3. The van der Waals surface area contributed by atoms with Gasteiger partial charge in [-0.2, -0.15) is 0 Å². The van der Waals surface area contributed by atoms with Crippen LogP contribution in [0.2, 0.25) is 0 Å². The van der Waals surface area contributed by atoms with E-state index in [2.05, 4.69) is 161 Å². The molecule has 49 heavy (non-hydrogen) atoms. The van der Waals surface area contributed by atoms with Gasteiger partial charge >= 0.3 is 0 Å². The number of thioether (sulfide) groups is 1. The van der Waals surface area contributed by atoms with Gasteiger partial charge in [-0.1, -0.05) is 121 Å². The second-order valence-corrected chi connectivity index (χ2v) is 15.8. The van der Waals surface area contributed by atoms with Crippen molar-refractivity contribution in [3.8, 4) is 33.4 Å². The van der Waals surface area contributed by atoms with Crippen LogP contribution in [0.15, 0.2) is 151 Å². The highest BCUT2D eigenvalue weighted by molar-refractivity contribution is 8.15. The molecule has 7 aromatic carbocycles. The number of nitrogens with zero attached hydrogens (tertiary/aromatic N) is 2. The highest BCUT2D eigenvalue weighted by Gasteiger charge is 2.44. The third-order valence-corrected chi connectivity index (χ3v) is 12.2. The van der Waals surface area contributed by atoms with Crippen molar-refractivity contribution >= 4 is 59.9 Å². The molecular weight excluding hydrogens is 613 g/mol. The van der Waals surface area contributed by atoms with Gasteiger partial charge in [0.1, 0.15) is 5.04 Å². The van der Waals surface area contributed by atoms with E-state index in [0.717, 1.165) is 21.7 Å². The Hall–Kier alpha value is -5.25. The zero-order valence-electron chi connectivity index (χ0n) is 28.2. The van der Waals surface area contributed by atoms with Crippen LogP contribution >= 0.6 is 11.8 Å². The number of fused-ring (bicyclic) bond motifs is 4. The molecule has 0 spiro atoms. The number of hydrogen-bond acceptors (Lipinski definition) is 3. The van der Waals surface area contributed by atoms with Gasteiger partial charge in [0.05, 0.1) is 5.54 Å². The van der Waals surface area contributed by atoms with Gasteiger partial charge in [0.25, 0.3) is 0 Å². The van der Waals surface area contributed by atoms with Crippen molar-refractivity contribution in [3.63, 3.8) is 0 Å². The first-order valence-electron chi connectivity index (χ1n) is 17.0. The van der Waals surface area contributed by atoms with Crippen molar-refractivity contribution in [3.05, 3.63) is 151 Å². The van der Waals surface area contributed by atoms with Gasteiger partial charge in [-0.3, -0.25) is 9.98 Å². The molecule has 0 atom stereocenters. The smallest absolute Gasteiger partial charge is 0.101 e. The highest BCUT2D eigenvalue weighted by Crippen LogP contribution is 2.48. The molecule has 0 bridgehead atoms. The molecule has 0 amide bonds. The Morgan fingerprint density at radius 2 is 0.939 bits per heavy atom. The van der Waals surface area contributed by atoms with Gasteiger partial charge in [0.2, 0.25) is 0 Å². The Morgan fingerprint density at radius 3 is 1.53 bits per heavy atom. The van der Waals surface area contributed by atoms with Crippen LogP contribution < -0.4 is 0 Å². The van der Waals surface area contributed by atoms with E-state index >= 15 is 0 Å². The first-order valence-corrected chi connectivity index (χ1v) is 17.8. The lowest BCUT2D eigenvalue weighted by molar-refractivity contribution is 0.426. The maximum atomic E-state index is 5.15. The molecule has 0 fully saturated rings.